The van der Waals surface area contributed by atoms with Gasteiger partial charge in [-0.05, 0) is 17.9 Å². The number of esters is 1. The van der Waals surface area contributed by atoms with Gasteiger partial charge >= 0.3 is 5.97 Å². The third-order valence-electron chi connectivity index (χ3n) is 3.52. The van der Waals surface area contributed by atoms with Crippen LogP contribution in [0.1, 0.15) is 25.2 Å². The zero-order valence-corrected chi connectivity index (χ0v) is 13.6. The van der Waals surface area contributed by atoms with Crippen molar-refractivity contribution in [2.45, 2.75) is 25.7 Å². The fourth-order valence-corrected chi connectivity index (χ4v) is 2.91. The Hall–Kier alpha value is -2.55. The molecule has 0 unspecified atom stereocenters. The van der Waals surface area contributed by atoms with E-state index in [4.69, 9.17) is 9.26 Å². The van der Waals surface area contributed by atoms with E-state index in [0.29, 0.717) is 31.1 Å². The number of aromatic nitrogens is 2. The number of likely N-dealkylation sites (tertiary alicyclic amines) is 1. The number of imide groups is 1. The maximum absolute atomic E-state index is 11.8. The second-order valence-electron chi connectivity index (χ2n) is 5.23. The Kier molecular flexibility index (Phi) is 4.99. The molecule has 2 amide bonds. The van der Waals surface area contributed by atoms with Crippen molar-refractivity contribution in [3.05, 3.63) is 22.7 Å². The molecule has 1 aliphatic rings. The van der Waals surface area contributed by atoms with Crippen LogP contribution in [0.4, 0.5) is 0 Å². The molecule has 1 saturated heterocycles. The van der Waals surface area contributed by atoms with Gasteiger partial charge in [0.2, 0.25) is 17.6 Å². The van der Waals surface area contributed by atoms with Gasteiger partial charge in [0.15, 0.2) is 6.61 Å². The summed E-state index contributed by atoms with van der Waals surface area (Å²) < 4.78 is 9.97. The minimum Gasteiger partial charge on any atom is -0.456 e. The predicted octanol–water partition coefficient (Wildman–Crippen LogP) is 1.42. The first-order valence-electron chi connectivity index (χ1n) is 7.47. The van der Waals surface area contributed by atoms with Gasteiger partial charge in [0.1, 0.15) is 0 Å². The van der Waals surface area contributed by atoms with E-state index in [1.807, 2.05) is 16.8 Å². The molecule has 9 heteroatoms. The molecule has 24 heavy (non-hydrogen) atoms. The second kappa shape index (κ2) is 7.35. The Balaban J connectivity index is 1.42. The SMILES string of the molecule is O=C(CCc1nc(-c2ccsc2)no1)OCC(=O)N1CCCC1=O. The molecule has 0 atom stereocenters. The van der Waals surface area contributed by atoms with E-state index in [0.717, 1.165) is 10.5 Å². The number of rotatable bonds is 6. The van der Waals surface area contributed by atoms with Crippen LogP contribution in [0.15, 0.2) is 21.3 Å². The first-order valence-corrected chi connectivity index (χ1v) is 8.42. The zero-order valence-electron chi connectivity index (χ0n) is 12.8. The van der Waals surface area contributed by atoms with Gasteiger partial charge in [-0.25, -0.2) is 0 Å². The molecule has 0 spiro atoms. The lowest BCUT2D eigenvalue weighted by atomic mass is 10.3. The maximum Gasteiger partial charge on any atom is 0.306 e. The number of carbonyl (C=O) groups excluding carboxylic acids is 3. The summed E-state index contributed by atoms with van der Waals surface area (Å²) in [7, 11) is 0. The molecule has 0 aliphatic carbocycles. The van der Waals surface area contributed by atoms with E-state index >= 15 is 0 Å². The molecule has 2 aromatic rings. The highest BCUT2D eigenvalue weighted by molar-refractivity contribution is 7.08. The molecule has 126 valence electrons. The lowest BCUT2D eigenvalue weighted by Crippen LogP contribution is -2.35. The van der Waals surface area contributed by atoms with Gasteiger partial charge in [0.25, 0.3) is 5.91 Å². The summed E-state index contributed by atoms with van der Waals surface area (Å²) in [6.45, 7) is -0.0306. The van der Waals surface area contributed by atoms with Crippen molar-refractivity contribution in [2.24, 2.45) is 0 Å². The fraction of sp³-hybridized carbons (Fsp3) is 0.400. The van der Waals surface area contributed by atoms with Gasteiger partial charge in [-0.15, -0.1) is 0 Å². The van der Waals surface area contributed by atoms with Crippen LogP contribution < -0.4 is 0 Å². The number of nitrogens with zero attached hydrogens (tertiary/aromatic N) is 3. The Morgan fingerprint density at radius 1 is 1.42 bits per heavy atom. The van der Waals surface area contributed by atoms with Crippen LogP contribution in [0.5, 0.6) is 0 Å². The number of hydrogen-bond acceptors (Lipinski definition) is 8. The first-order chi connectivity index (χ1) is 11.6. The standard InChI is InChI=1S/C15H15N3O5S/c19-12-2-1-6-18(12)13(20)8-22-14(21)4-3-11-16-15(17-23-11)10-5-7-24-9-10/h5,7,9H,1-4,6,8H2. The molecule has 0 N–H and O–H groups in total. The van der Waals surface area contributed by atoms with Gasteiger partial charge < -0.3 is 9.26 Å². The van der Waals surface area contributed by atoms with Crippen LogP contribution in [0.3, 0.4) is 0 Å². The van der Waals surface area contributed by atoms with Gasteiger partial charge in [-0.3, -0.25) is 19.3 Å². The van der Waals surface area contributed by atoms with Gasteiger partial charge in [-0.1, -0.05) is 5.16 Å². The monoisotopic (exact) mass is 349 g/mol. The third-order valence-corrected chi connectivity index (χ3v) is 4.20. The lowest BCUT2D eigenvalue weighted by molar-refractivity contribution is -0.154. The Bertz CT molecular complexity index is 740. The average Bonchev–Trinajstić information content (AvgIpc) is 3.30. The zero-order chi connectivity index (χ0) is 16.9. The second-order valence-corrected chi connectivity index (χ2v) is 6.01. The van der Waals surface area contributed by atoms with Crippen molar-refractivity contribution in [1.29, 1.82) is 0 Å². The smallest absolute Gasteiger partial charge is 0.306 e. The summed E-state index contributed by atoms with van der Waals surface area (Å²) in [6, 6.07) is 1.87. The predicted molar refractivity (Wildman–Crippen MR) is 82.8 cm³/mol. The average molecular weight is 349 g/mol. The highest BCUT2D eigenvalue weighted by Crippen LogP contribution is 2.19. The summed E-state index contributed by atoms with van der Waals surface area (Å²) in [4.78, 5) is 40.2. The van der Waals surface area contributed by atoms with Crippen molar-refractivity contribution < 1.29 is 23.6 Å². The van der Waals surface area contributed by atoms with Crippen molar-refractivity contribution in [1.82, 2.24) is 15.0 Å². The number of hydrogen-bond donors (Lipinski definition) is 0. The summed E-state index contributed by atoms with van der Waals surface area (Å²) >= 11 is 1.53. The van der Waals surface area contributed by atoms with Crippen molar-refractivity contribution >= 4 is 29.1 Å². The molecular formula is C15H15N3O5S. The molecule has 1 fully saturated rings. The minimum absolute atomic E-state index is 0.0203. The van der Waals surface area contributed by atoms with E-state index in [9.17, 15) is 14.4 Å². The molecule has 0 bridgehead atoms. The number of carbonyl (C=O) groups is 3. The van der Waals surface area contributed by atoms with Crippen LogP contribution in [-0.4, -0.2) is 46.0 Å². The third kappa shape index (κ3) is 3.85. The number of thiophene rings is 1. The quantitative estimate of drug-likeness (QED) is 0.727. The molecule has 0 aromatic carbocycles. The summed E-state index contributed by atoms with van der Waals surface area (Å²) in [5.41, 5.74) is 0.860. The maximum atomic E-state index is 11.8. The molecule has 0 radical (unpaired) electrons. The molecule has 0 saturated carbocycles. The number of aryl methyl sites for hydroxylation is 1. The topological polar surface area (TPSA) is 103 Å². The van der Waals surface area contributed by atoms with Crippen LogP contribution in [-0.2, 0) is 25.5 Å². The summed E-state index contributed by atoms with van der Waals surface area (Å²) in [5, 5.41) is 7.65. The lowest BCUT2D eigenvalue weighted by Gasteiger charge is -2.13. The van der Waals surface area contributed by atoms with E-state index in [1.165, 1.54) is 11.3 Å². The van der Waals surface area contributed by atoms with E-state index in [1.54, 1.807) is 0 Å². The largest absolute Gasteiger partial charge is 0.456 e. The van der Waals surface area contributed by atoms with Crippen LogP contribution in [0.25, 0.3) is 11.4 Å². The van der Waals surface area contributed by atoms with Gasteiger partial charge in [0, 0.05) is 30.3 Å². The molecule has 3 rings (SSSR count). The van der Waals surface area contributed by atoms with E-state index in [-0.39, 0.29) is 18.7 Å². The molecular weight excluding hydrogens is 334 g/mol. The van der Waals surface area contributed by atoms with Crippen LogP contribution >= 0.6 is 11.3 Å². The van der Waals surface area contributed by atoms with Crippen molar-refractivity contribution in [2.75, 3.05) is 13.2 Å². The number of ether oxygens (including phenoxy) is 1. The van der Waals surface area contributed by atoms with E-state index < -0.39 is 18.5 Å². The summed E-state index contributed by atoms with van der Waals surface area (Å²) in [5.74, 6) is -0.451. The van der Waals surface area contributed by atoms with Gasteiger partial charge in [0.05, 0.1) is 6.42 Å². The highest BCUT2D eigenvalue weighted by atomic mass is 32.1. The summed E-state index contributed by atoms with van der Waals surface area (Å²) in [6.07, 6.45) is 1.27. The Morgan fingerprint density at radius 2 is 2.29 bits per heavy atom. The molecule has 3 heterocycles. The van der Waals surface area contributed by atoms with Gasteiger partial charge in [-0.2, -0.15) is 16.3 Å². The fourth-order valence-electron chi connectivity index (χ4n) is 2.28. The van der Waals surface area contributed by atoms with Crippen molar-refractivity contribution in [3.8, 4) is 11.4 Å². The molecule has 8 nitrogen and oxygen atoms in total. The van der Waals surface area contributed by atoms with Crippen LogP contribution in [0.2, 0.25) is 0 Å². The Morgan fingerprint density at radius 3 is 3.00 bits per heavy atom. The first kappa shape index (κ1) is 16.3. The molecule has 1 aliphatic heterocycles. The van der Waals surface area contributed by atoms with E-state index in [2.05, 4.69) is 10.1 Å². The highest BCUT2D eigenvalue weighted by Gasteiger charge is 2.26. The van der Waals surface area contributed by atoms with Crippen molar-refractivity contribution in [3.63, 3.8) is 0 Å². The molecule has 2 aromatic heterocycles. The van der Waals surface area contributed by atoms with Crippen LogP contribution in [0, 0.1) is 0 Å². The minimum atomic E-state index is -0.551. The Labute approximate surface area is 141 Å². The number of amides is 2. The normalized spacial score (nSPS) is 14.2.